The van der Waals surface area contributed by atoms with E-state index >= 15 is 0 Å². The first-order chi connectivity index (χ1) is 11.2. The summed E-state index contributed by atoms with van der Waals surface area (Å²) in [7, 11) is 1.68. The van der Waals surface area contributed by atoms with Gasteiger partial charge in [-0.15, -0.1) is 10.2 Å². The molecule has 0 saturated heterocycles. The Hall–Kier alpha value is -2.63. The summed E-state index contributed by atoms with van der Waals surface area (Å²) in [5, 5.41) is 16.2. The summed E-state index contributed by atoms with van der Waals surface area (Å²) in [5.74, 6) is 0.862. The Morgan fingerprint density at radius 1 is 1.22 bits per heavy atom. The monoisotopic (exact) mass is 311 g/mol. The number of hydrogen-bond acceptors (Lipinski definition) is 5. The second-order valence-electron chi connectivity index (χ2n) is 5.38. The molecule has 120 valence electrons. The lowest BCUT2D eigenvalue weighted by Gasteiger charge is -2.19. The Morgan fingerprint density at radius 3 is 2.65 bits per heavy atom. The van der Waals surface area contributed by atoms with Crippen molar-refractivity contribution in [2.24, 2.45) is 0 Å². The molecule has 0 fully saturated rings. The van der Waals surface area contributed by atoms with E-state index in [0.29, 0.717) is 0 Å². The van der Waals surface area contributed by atoms with Crippen LogP contribution in [0.15, 0.2) is 36.7 Å². The molecular formula is C17H21N5O. The van der Waals surface area contributed by atoms with Crippen molar-refractivity contribution >= 4 is 11.3 Å². The third-order valence-electron chi connectivity index (χ3n) is 3.94. The topological polar surface area (TPSA) is 64.3 Å². The fourth-order valence-corrected chi connectivity index (χ4v) is 2.60. The van der Waals surface area contributed by atoms with Crippen LogP contribution in [0.3, 0.4) is 0 Å². The summed E-state index contributed by atoms with van der Waals surface area (Å²) in [6, 6.07) is 10.4. The van der Waals surface area contributed by atoms with Gasteiger partial charge in [0.15, 0.2) is 0 Å². The van der Waals surface area contributed by atoms with Crippen LogP contribution in [-0.4, -0.2) is 26.9 Å². The van der Waals surface area contributed by atoms with Crippen molar-refractivity contribution in [1.29, 1.82) is 0 Å². The summed E-state index contributed by atoms with van der Waals surface area (Å²) in [6.45, 7) is 4.24. The van der Waals surface area contributed by atoms with Crippen LogP contribution in [-0.2, 0) is 6.42 Å². The minimum atomic E-state index is 0.188. The molecule has 2 heterocycles. The van der Waals surface area contributed by atoms with Crippen molar-refractivity contribution in [3.8, 4) is 5.75 Å². The Kier molecular flexibility index (Phi) is 4.41. The van der Waals surface area contributed by atoms with Crippen LogP contribution in [0, 0.1) is 0 Å². The maximum absolute atomic E-state index is 5.23. The molecule has 0 aliphatic carbocycles. The highest BCUT2D eigenvalue weighted by Gasteiger charge is 2.14. The molecule has 6 heteroatoms. The Morgan fingerprint density at radius 2 is 2.00 bits per heavy atom. The van der Waals surface area contributed by atoms with Crippen molar-refractivity contribution < 1.29 is 4.74 Å². The molecule has 1 atom stereocenters. The molecule has 0 amide bonds. The number of rotatable bonds is 6. The summed E-state index contributed by atoms with van der Waals surface area (Å²) in [5.41, 5.74) is 3.91. The van der Waals surface area contributed by atoms with E-state index in [2.05, 4.69) is 52.7 Å². The zero-order valence-electron chi connectivity index (χ0n) is 13.7. The second-order valence-corrected chi connectivity index (χ2v) is 5.38. The molecule has 2 aromatic heterocycles. The van der Waals surface area contributed by atoms with Gasteiger partial charge in [-0.05, 0) is 36.6 Å². The first-order valence-corrected chi connectivity index (χ1v) is 7.85. The first kappa shape index (κ1) is 15.3. The Balaban J connectivity index is 1.93. The zero-order valence-corrected chi connectivity index (χ0v) is 13.7. The molecule has 23 heavy (non-hydrogen) atoms. The van der Waals surface area contributed by atoms with Crippen LogP contribution in [0.5, 0.6) is 5.75 Å². The maximum atomic E-state index is 5.23. The van der Waals surface area contributed by atoms with Gasteiger partial charge in [-0.25, -0.2) is 0 Å². The molecule has 0 aliphatic rings. The highest BCUT2D eigenvalue weighted by molar-refractivity contribution is 5.67. The van der Waals surface area contributed by atoms with Gasteiger partial charge in [0.25, 0.3) is 0 Å². The average molecular weight is 311 g/mol. The lowest BCUT2D eigenvalue weighted by Crippen LogP contribution is -2.12. The van der Waals surface area contributed by atoms with Crippen molar-refractivity contribution in [3.63, 3.8) is 0 Å². The van der Waals surface area contributed by atoms with Crippen molar-refractivity contribution in [2.45, 2.75) is 32.7 Å². The molecule has 3 rings (SSSR count). The number of hydrogen-bond donors (Lipinski definition) is 1. The van der Waals surface area contributed by atoms with Crippen LogP contribution in [0.1, 0.15) is 37.6 Å². The third-order valence-corrected chi connectivity index (χ3v) is 3.94. The van der Waals surface area contributed by atoms with E-state index in [1.807, 2.05) is 12.1 Å². The van der Waals surface area contributed by atoms with Gasteiger partial charge in [0, 0.05) is 0 Å². The molecule has 0 bridgehead atoms. The van der Waals surface area contributed by atoms with E-state index in [0.717, 1.165) is 35.6 Å². The molecule has 0 radical (unpaired) electrons. The van der Waals surface area contributed by atoms with Gasteiger partial charge in [-0.3, -0.25) is 0 Å². The van der Waals surface area contributed by atoms with Gasteiger partial charge < -0.3 is 10.1 Å². The van der Waals surface area contributed by atoms with Gasteiger partial charge in [0.2, 0.25) is 5.65 Å². The van der Waals surface area contributed by atoms with Crippen molar-refractivity contribution in [1.82, 2.24) is 19.8 Å². The number of benzene rings is 1. The standard InChI is InChI=1S/C17H21N5O/c1-4-13-10-16(17-20-18-11-22(17)21-13)19-15(5-2)12-6-8-14(23-3)9-7-12/h6-11,15,19H,4-5H2,1-3H3. The van der Waals surface area contributed by atoms with E-state index in [-0.39, 0.29) is 6.04 Å². The van der Waals surface area contributed by atoms with Crippen molar-refractivity contribution in [3.05, 3.63) is 47.9 Å². The summed E-state index contributed by atoms with van der Waals surface area (Å²) < 4.78 is 6.95. The molecule has 1 unspecified atom stereocenters. The first-order valence-electron chi connectivity index (χ1n) is 7.85. The normalized spacial score (nSPS) is 12.3. The number of aromatic nitrogens is 4. The van der Waals surface area contributed by atoms with Crippen LogP contribution in [0.25, 0.3) is 5.65 Å². The van der Waals surface area contributed by atoms with Crippen LogP contribution in [0.2, 0.25) is 0 Å². The van der Waals surface area contributed by atoms with Crippen LogP contribution >= 0.6 is 0 Å². The van der Waals surface area contributed by atoms with Gasteiger partial charge >= 0.3 is 0 Å². The molecular weight excluding hydrogens is 290 g/mol. The largest absolute Gasteiger partial charge is 0.497 e. The average Bonchev–Trinajstić information content (AvgIpc) is 3.08. The van der Waals surface area contributed by atoms with E-state index in [9.17, 15) is 0 Å². The number of anilines is 1. The molecule has 0 aliphatic heterocycles. The van der Waals surface area contributed by atoms with Gasteiger partial charge in [0.1, 0.15) is 12.1 Å². The summed E-state index contributed by atoms with van der Waals surface area (Å²) in [4.78, 5) is 0. The predicted molar refractivity (Wildman–Crippen MR) is 89.8 cm³/mol. The van der Waals surface area contributed by atoms with Gasteiger partial charge in [-0.1, -0.05) is 26.0 Å². The number of nitrogens with one attached hydrogen (secondary N) is 1. The molecule has 0 saturated carbocycles. The van der Waals surface area contributed by atoms with Gasteiger partial charge in [-0.2, -0.15) is 9.61 Å². The minimum absolute atomic E-state index is 0.188. The van der Waals surface area contributed by atoms with Gasteiger partial charge in [0.05, 0.1) is 24.5 Å². The fourth-order valence-electron chi connectivity index (χ4n) is 2.60. The van der Waals surface area contributed by atoms with Crippen LogP contribution < -0.4 is 10.1 Å². The highest BCUT2D eigenvalue weighted by atomic mass is 16.5. The lowest BCUT2D eigenvalue weighted by molar-refractivity contribution is 0.414. The third kappa shape index (κ3) is 3.11. The SMILES string of the molecule is CCc1cc(NC(CC)c2ccc(OC)cc2)c2nncn2n1. The predicted octanol–water partition coefficient (Wildman–Crippen LogP) is 3.26. The van der Waals surface area contributed by atoms with E-state index in [1.165, 1.54) is 5.56 Å². The molecule has 6 nitrogen and oxygen atoms in total. The smallest absolute Gasteiger partial charge is 0.200 e. The summed E-state index contributed by atoms with van der Waals surface area (Å²) in [6.07, 6.45) is 3.45. The number of aryl methyl sites for hydroxylation is 1. The molecule has 3 aromatic rings. The summed E-state index contributed by atoms with van der Waals surface area (Å²) >= 11 is 0. The number of ether oxygens (including phenoxy) is 1. The maximum Gasteiger partial charge on any atom is 0.200 e. The Bertz CT molecular complexity index is 781. The lowest BCUT2D eigenvalue weighted by atomic mass is 10.0. The van der Waals surface area contributed by atoms with Crippen LogP contribution in [0.4, 0.5) is 5.69 Å². The molecule has 1 N–H and O–H groups in total. The van der Waals surface area contributed by atoms with Crippen molar-refractivity contribution in [2.75, 3.05) is 12.4 Å². The fraction of sp³-hybridized carbons (Fsp3) is 0.353. The highest BCUT2D eigenvalue weighted by Crippen LogP contribution is 2.26. The zero-order chi connectivity index (χ0) is 16.2. The number of fused-ring (bicyclic) bond motifs is 1. The quantitative estimate of drug-likeness (QED) is 0.757. The second kappa shape index (κ2) is 6.64. The Labute approximate surface area is 135 Å². The number of methoxy groups -OCH3 is 1. The van der Waals surface area contributed by atoms with E-state index in [4.69, 9.17) is 4.74 Å². The molecule has 1 aromatic carbocycles. The number of nitrogens with zero attached hydrogens (tertiary/aromatic N) is 4. The van der Waals surface area contributed by atoms with E-state index < -0.39 is 0 Å². The molecule has 0 spiro atoms. The minimum Gasteiger partial charge on any atom is -0.497 e. The van der Waals surface area contributed by atoms with E-state index in [1.54, 1.807) is 18.0 Å².